The van der Waals surface area contributed by atoms with E-state index in [1.807, 2.05) is 4.90 Å². The summed E-state index contributed by atoms with van der Waals surface area (Å²) >= 11 is 0. The fourth-order valence-corrected chi connectivity index (χ4v) is 4.13. The number of hydrogen-bond acceptors (Lipinski definition) is 4. The van der Waals surface area contributed by atoms with Crippen LogP contribution in [-0.4, -0.2) is 39.7 Å². The Morgan fingerprint density at radius 1 is 1.26 bits per heavy atom. The zero-order valence-electron chi connectivity index (χ0n) is 15.6. The van der Waals surface area contributed by atoms with Gasteiger partial charge in [0, 0.05) is 43.9 Å². The third kappa shape index (κ3) is 3.11. The van der Waals surface area contributed by atoms with Gasteiger partial charge in [-0.3, -0.25) is 9.59 Å². The van der Waals surface area contributed by atoms with Gasteiger partial charge in [0.15, 0.2) is 5.82 Å². The fraction of sp³-hybridized carbons (Fsp3) is 0.450. The monoisotopic (exact) mass is 370 g/mol. The van der Waals surface area contributed by atoms with E-state index in [4.69, 9.17) is 0 Å². The number of nitrogens with zero attached hydrogens (tertiary/aromatic N) is 4. The van der Waals surface area contributed by atoms with Gasteiger partial charge in [-0.1, -0.05) is 13.0 Å². The summed E-state index contributed by atoms with van der Waals surface area (Å²) < 4.78 is 15.7. The Morgan fingerprint density at radius 3 is 2.81 bits per heavy atom. The number of carbonyl (C=O) groups is 1. The normalized spacial score (nSPS) is 22.0. The van der Waals surface area contributed by atoms with Crippen molar-refractivity contribution in [3.63, 3.8) is 0 Å². The third-order valence-electron chi connectivity index (χ3n) is 5.51. The molecule has 0 radical (unpaired) electrons. The number of amides is 1. The van der Waals surface area contributed by atoms with E-state index in [1.165, 1.54) is 16.8 Å². The maximum atomic E-state index is 14.4. The zero-order valence-corrected chi connectivity index (χ0v) is 15.6. The summed E-state index contributed by atoms with van der Waals surface area (Å²) in [5.74, 6) is 0.620. The van der Waals surface area contributed by atoms with Gasteiger partial charge in [-0.15, -0.1) is 0 Å². The number of benzene rings is 1. The first-order chi connectivity index (χ1) is 13.0. The third-order valence-corrected chi connectivity index (χ3v) is 5.51. The largest absolute Gasteiger partial charge is 0.341 e. The summed E-state index contributed by atoms with van der Waals surface area (Å²) in [6, 6.07) is 7.33. The number of anilines is 2. The summed E-state index contributed by atoms with van der Waals surface area (Å²) in [4.78, 5) is 28.7. The molecule has 2 aliphatic heterocycles. The predicted molar refractivity (Wildman–Crippen MR) is 100 cm³/mol. The molecule has 27 heavy (non-hydrogen) atoms. The summed E-state index contributed by atoms with van der Waals surface area (Å²) in [7, 11) is 1.57. The van der Waals surface area contributed by atoms with Gasteiger partial charge in [0.05, 0.1) is 0 Å². The van der Waals surface area contributed by atoms with Crippen LogP contribution < -0.4 is 10.5 Å². The van der Waals surface area contributed by atoms with Crippen molar-refractivity contribution in [3.8, 4) is 0 Å². The lowest BCUT2D eigenvalue weighted by molar-refractivity contribution is -0.134. The molecule has 3 heterocycles. The molecule has 6 nitrogen and oxygen atoms in total. The molecule has 2 aliphatic rings. The van der Waals surface area contributed by atoms with Crippen LogP contribution in [0.3, 0.4) is 0 Å². The molecule has 4 rings (SSSR count). The minimum Gasteiger partial charge on any atom is -0.341 e. The number of carbonyl (C=O) groups excluding carboxylic acids is 1. The first-order valence-electron chi connectivity index (χ1n) is 9.35. The van der Waals surface area contributed by atoms with Crippen LogP contribution in [0.5, 0.6) is 0 Å². The van der Waals surface area contributed by atoms with Crippen molar-refractivity contribution in [2.24, 2.45) is 13.0 Å². The van der Waals surface area contributed by atoms with E-state index in [2.05, 4.69) is 12.0 Å². The zero-order chi connectivity index (χ0) is 19.1. The van der Waals surface area contributed by atoms with Crippen LogP contribution in [0, 0.1) is 11.7 Å². The number of fused-ring (bicyclic) bond motifs is 1. The van der Waals surface area contributed by atoms with Crippen molar-refractivity contribution in [2.75, 3.05) is 18.0 Å². The lowest BCUT2D eigenvalue weighted by Crippen LogP contribution is -2.49. The number of aryl methyl sites for hydroxylation is 1. The molecule has 1 aromatic heterocycles. The van der Waals surface area contributed by atoms with E-state index in [-0.39, 0.29) is 17.3 Å². The van der Waals surface area contributed by atoms with Crippen LogP contribution in [0.25, 0.3) is 0 Å². The second-order valence-corrected chi connectivity index (χ2v) is 7.51. The van der Waals surface area contributed by atoms with Crippen molar-refractivity contribution in [3.05, 3.63) is 52.1 Å². The molecule has 0 spiro atoms. The average Bonchev–Trinajstić information content (AvgIpc) is 3.04. The highest BCUT2D eigenvalue weighted by Gasteiger charge is 2.40. The molecular formula is C20H23FN4O2. The molecule has 2 unspecified atom stereocenters. The minimum absolute atomic E-state index is 0.00666. The molecule has 7 heteroatoms. The highest BCUT2D eigenvalue weighted by Crippen LogP contribution is 2.39. The molecule has 0 bridgehead atoms. The maximum absolute atomic E-state index is 14.4. The van der Waals surface area contributed by atoms with Gasteiger partial charge in [0.2, 0.25) is 5.91 Å². The SMILES string of the molecule is CC1CCCN(C(=O)C2Cc3c(F)cccc3N2c2ccc(=O)n(C)n2)C1. The number of likely N-dealkylation sites (tertiary alicyclic amines) is 1. The lowest BCUT2D eigenvalue weighted by Gasteiger charge is -2.35. The van der Waals surface area contributed by atoms with Gasteiger partial charge in [0.1, 0.15) is 11.9 Å². The quantitative estimate of drug-likeness (QED) is 0.814. The molecular weight excluding hydrogens is 347 g/mol. The van der Waals surface area contributed by atoms with Gasteiger partial charge < -0.3 is 9.80 Å². The number of hydrogen-bond donors (Lipinski definition) is 0. The van der Waals surface area contributed by atoms with Crippen molar-refractivity contribution < 1.29 is 9.18 Å². The standard InChI is InChI=1S/C20H23FN4O2/c1-13-5-4-10-24(12-13)20(27)17-11-14-15(21)6-3-7-16(14)25(17)18-8-9-19(26)23(2)22-18/h3,6-9,13,17H,4-5,10-12H2,1-2H3. The number of aromatic nitrogens is 2. The van der Waals surface area contributed by atoms with Crippen molar-refractivity contribution >= 4 is 17.4 Å². The van der Waals surface area contributed by atoms with E-state index in [1.54, 1.807) is 30.1 Å². The lowest BCUT2D eigenvalue weighted by atomic mass is 9.99. The molecule has 1 saturated heterocycles. The first kappa shape index (κ1) is 17.7. The first-order valence-corrected chi connectivity index (χ1v) is 9.35. The van der Waals surface area contributed by atoms with Crippen molar-refractivity contribution in [1.82, 2.24) is 14.7 Å². The summed E-state index contributed by atoms with van der Waals surface area (Å²) in [6.07, 6.45) is 2.41. The smallest absolute Gasteiger partial charge is 0.266 e. The topological polar surface area (TPSA) is 58.4 Å². The highest BCUT2D eigenvalue weighted by atomic mass is 19.1. The Labute approximate surface area is 157 Å². The average molecular weight is 370 g/mol. The van der Waals surface area contributed by atoms with Crippen LogP contribution in [0.15, 0.2) is 35.1 Å². The Hall–Kier alpha value is -2.70. The Kier molecular flexibility index (Phi) is 4.45. The second kappa shape index (κ2) is 6.79. The Balaban J connectivity index is 1.75. The van der Waals surface area contributed by atoms with E-state index < -0.39 is 6.04 Å². The summed E-state index contributed by atoms with van der Waals surface area (Å²) in [6.45, 7) is 3.60. The minimum atomic E-state index is -0.549. The van der Waals surface area contributed by atoms with E-state index in [9.17, 15) is 14.0 Å². The molecule has 2 atom stereocenters. The van der Waals surface area contributed by atoms with Gasteiger partial charge in [-0.05, 0) is 37.0 Å². The summed E-state index contributed by atoms with van der Waals surface area (Å²) in [5.41, 5.74) is 0.936. The number of halogens is 1. The fourth-order valence-electron chi connectivity index (χ4n) is 4.13. The maximum Gasteiger partial charge on any atom is 0.266 e. The predicted octanol–water partition coefficient (Wildman–Crippen LogP) is 2.24. The summed E-state index contributed by atoms with van der Waals surface area (Å²) in [5, 5.41) is 4.31. The molecule has 1 fully saturated rings. The molecule has 0 saturated carbocycles. The number of piperidine rings is 1. The molecule has 0 N–H and O–H groups in total. The van der Waals surface area contributed by atoms with Crippen LogP contribution in [0.4, 0.5) is 15.9 Å². The van der Waals surface area contributed by atoms with E-state index in [0.717, 1.165) is 25.9 Å². The van der Waals surface area contributed by atoms with Gasteiger partial charge in [-0.25, -0.2) is 9.07 Å². The van der Waals surface area contributed by atoms with Gasteiger partial charge in [-0.2, -0.15) is 5.10 Å². The van der Waals surface area contributed by atoms with Crippen molar-refractivity contribution in [1.29, 1.82) is 0 Å². The molecule has 2 aromatic rings. The highest BCUT2D eigenvalue weighted by molar-refractivity contribution is 5.91. The molecule has 0 aliphatic carbocycles. The van der Waals surface area contributed by atoms with Gasteiger partial charge in [0.25, 0.3) is 5.56 Å². The molecule has 1 amide bonds. The molecule has 1 aromatic carbocycles. The van der Waals surface area contributed by atoms with Crippen LogP contribution in [0.2, 0.25) is 0 Å². The van der Waals surface area contributed by atoms with Gasteiger partial charge >= 0.3 is 0 Å². The Bertz CT molecular complexity index is 942. The molecule has 142 valence electrons. The van der Waals surface area contributed by atoms with Crippen molar-refractivity contribution in [2.45, 2.75) is 32.2 Å². The van der Waals surface area contributed by atoms with Crippen LogP contribution >= 0.6 is 0 Å². The Morgan fingerprint density at radius 2 is 2.07 bits per heavy atom. The number of rotatable bonds is 2. The van der Waals surface area contributed by atoms with Crippen LogP contribution in [0.1, 0.15) is 25.3 Å². The second-order valence-electron chi connectivity index (χ2n) is 7.51. The van der Waals surface area contributed by atoms with E-state index >= 15 is 0 Å². The van der Waals surface area contributed by atoms with E-state index in [0.29, 0.717) is 29.4 Å². The van der Waals surface area contributed by atoms with Crippen LogP contribution in [-0.2, 0) is 18.3 Å².